The SMILES string of the molecule is CCCCOC(=O)N[C@@H](CCS(C)(=O)=O)C(=O)O. The highest BCUT2D eigenvalue weighted by molar-refractivity contribution is 7.90. The minimum absolute atomic E-state index is 0.183. The van der Waals surface area contributed by atoms with E-state index < -0.39 is 27.9 Å². The molecule has 7 nitrogen and oxygen atoms in total. The molecule has 0 aliphatic carbocycles. The molecule has 18 heavy (non-hydrogen) atoms. The molecule has 0 saturated heterocycles. The van der Waals surface area contributed by atoms with Crippen LogP contribution in [0.1, 0.15) is 26.2 Å². The third-order valence-corrected chi connectivity index (χ3v) is 3.08. The third kappa shape index (κ3) is 8.80. The van der Waals surface area contributed by atoms with Gasteiger partial charge in [-0.3, -0.25) is 0 Å². The van der Waals surface area contributed by atoms with Gasteiger partial charge < -0.3 is 15.2 Å². The van der Waals surface area contributed by atoms with E-state index in [1.54, 1.807) is 0 Å². The van der Waals surface area contributed by atoms with Crippen LogP contribution in [-0.2, 0) is 19.4 Å². The van der Waals surface area contributed by atoms with Gasteiger partial charge in [-0.15, -0.1) is 0 Å². The van der Waals surface area contributed by atoms with E-state index in [4.69, 9.17) is 9.84 Å². The molecule has 0 radical (unpaired) electrons. The Hall–Kier alpha value is -1.31. The van der Waals surface area contributed by atoms with Gasteiger partial charge in [0.25, 0.3) is 0 Å². The number of carboxylic acid groups (broad SMARTS) is 1. The van der Waals surface area contributed by atoms with Crippen molar-refractivity contribution in [3.8, 4) is 0 Å². The Morgan fingerprint density at radius 2 is 2.00 bits per heavy atom. The number of carboxylic acids is 1. The number of hydrogen-bond donors (Lipinski definition) is 2. The van der Waals surface area contributed by atoms with Gasteiger partial charge in [-0.05, 0) is 12.8 Å². The Morgan fingerprint density at radius 3 is 2.44 bits per heavy atom. The van der Waals surface area contributed by atoms with E-state index >= 15 is 0 Å². The van der Waals surface area contributed by atoms with Crippen LogP contribution in [0.5, 0.6) is 0 Å². The Balaban J connectivity index is 4.19. The van der Waals surface area contributed by atoms with Crippen LogP contribution < -0.4 is 5.32 Å². The zero-order chi connectivity index (χ0) is 14.2. The average molecular weight is 281 g/mol. The number of carbonyl (C=O) groups excluding carboxylic acids is 1. The molecule has 0 heterocycles. The number of alkyl carbamates (subject to hydrolysis) is 1. The van der Waals surface area contributed by atoms with E-state index in [1.165, 1.54) is 0 Å². The number of unbranched alkanes of at least 4 members (excludes halogenated alkanes) is 1. The molecule has 0 aromatic carbocycles. The average Bonchev–Trinajstić information content (AvgIpc) is 2.22. The summed E-state index contributed by atoms with van der Waals surface area (Å²) in [4.78, 5) is 22.0. The molecule has 0 aliphatic heterocycles. The molecule has 1 atom stereocenters. The summed E-state index contributed by atoms with van der Waals surface area (Å²) in [5.74, 6) is -1.59. The van der Waals surface area contributed by atoms with Crippen molar-refractivity contribution in [2.75, 3.05) is 18.6 Å². The maximum absolute atomic E-state index is 11.2. The Bertz CT molecular complexity index is 378. The molecule has 106 valence electrons. The molecule has 2 N–H and O–H groups in total. The van der Waals surface area contributed by atoms with Gasteiger partial charge in [0.05, 0.1) is 12.4 Å². The second-order valence-corrected chi connectivity index (χ2v) is 6.20. The standard InChI is InChI=1S/C10H19NO6S/c1-3-4-6-17-10(14)11-8(9(12)13)5-7-18(2,15)16/h8H,3-7H2,1-2H3,(H,11,14)(H,12,13)/t8-/m0/s1. The lowest BCUT2D eigenvalue weighted by Gasteiger charge is -2.13. The number of amides is 1. The van der Waals surface area contributed by atoms with E-state index in [1.807, 2.05) is 6.92 Å². The Kier molecular flexibility index (Phi) is 7.33. The van der Waals surface area contributed by atoms with Gasteiger partial charge >= 0.3 is 12.1 Å². The number of sulfone groups is 1. The van der Waals surface area contributed by atoms with Gasteiger partial charge in [-0.25, -0.2) is 18.0 Å². The molecule has 0 rings (SSSR count). The molecule has 0 spiro atoms. The van der Waals surface area contributed by atoms with Crippen LogP contribution in [0.25, 0.3) is 0 Å². The molecule has 0 fully saturated rings. The van der Waals surface area contributed by atoms with Crippen LogP contribution in [0.3, 0.4) is 0 Å². The highest BCUT2D eigenvalue weighted by atomic mass is 32.2. The van der Waals surface area contributed by atoms with Crippen LogP contribution in [0.2, 0.25) is 0 Å². The number of hydrogen-bond acceptors (Lipinski definition) is 5. The van der Waals surface area contributed by atoms with Crippen molar-refractivity contribution in [1.29, 1.82) is 0 Å². The van der Waals surface area contributed by atoms with Crippen molar-refractivity contribution in [1.82, 2.24) is 5.32 Å². The molecule has 8 heteroatoms. The minimum Gasteiger partial charge on any atom is -0.480 e. The zero-order valence-corrected chi connectivity index (χ0v) is 11.3. The molecule has 0 unspecified atom stereocenters. The van der Waals surface area contributed by atoms with Gasteiger partial charge in [0.15, 0.2) is 0 Å². The van der Waals surface area contributed by atoms with Gasteiger partial charge in [-0.2, -0.15) is 0 Å². The first-order valence-corrected chi connectivity index (χ1v) is 7.66. The highest BCUT2D eigenvalue weighted by Gasteiger charge is 2.22. The largest absolute Gasteiger partial charge is 0.480 e. The maximum atomic E-state index is 11.2. The van der Waals surface area contributed by atoms with Gasteiger partial charge in [-0.1, -0.05) is 13.3 Å². The first-order chi connectivity index (χ1) is 8.26. The van der Waals surface area contributed by atoms with Crippen molar-refractivity contribution < 1.29 is 27.9 Å². The molecular weight excluding hydrogens is 262 g/mol. The second-order valence-electron chi connectivity index (χ2n) is 3.94. The molecule has 0 saturated carbocycles. The summed E-state index contributed by atoms with van der Waals surface area (Å²) in [6, 6.07) is -1.26. The lowest BCUT2D eigenvalue weighted by Crippen LogP contribution is -2.42. The normalized spacial score (nSPS) is 12.8. The zero-order valence-electron chi connectivity index (χ0n) is 10.5. The highest BCUT2D eigenvalue weighted by Crippen LogP contribution is 1.98. The van der Waals surface area contributed by atoms with Crippen LogP contribution >= 0.6 is 0 Å². The van der Waals surface area contributed by atoms with Crippen LogP contribution in [0, 0.1) is 0 Å². The molecule has 0 aliphatic rings. The van der Waals surface area contributed by atoms with Crippen LogP contribution in [-0.4, -0.2) is 50.2 Å². The first-order valence-electron chi connectivity index (χ1n) is 5.60. The van der Waals surface area contributed by atoms with E-state index in [2.05, 4.69) is 5.32 Å². The van der Waals surface area contributed by atoms with Gasteiger partial charge in [0.1, 0.15) is 15.9 Å². The smallest absolute Gasteiger partial charge is 0.407 e. The first kappa shape index (κ1) is 16.7. The number of nitrogens with one attached hydrogen (secondary N) is 1. The molecule has 1 amide bonds. The fourth-order valence-corrected chi connectivity index (χ4v) is 1.75. The van der Waals surface area contributed by atoms with Crippen molar-refractivity contribution in [2.45, 2.75) is 32.2 Å². The third-order valence-electron chi connectivity index (χ3n) is 2.10. The van der Waals surface area contributed by atoms with Crippen LogP contribution in [0.4, 0.5) is 4.79 Å². The Morgan fingerprint density at radius 1 is 1.39 bits per heavy atom. The van der Waals surface area contributed by atoms with E-state index in [-0.39, 0.29) is 18.8 Å². The summed E-state index contributed by atoms with van der Waals surface area (Å²) in [6.45, 7) is 2.13. The molecule has 0 aromatic rings. The summed E-state index contributed by atoms with van der Waals surface area (Å²) < 4.78 is 26.6. The number of rotatable bonds is 8. The van der Waals surface area contributed by atoms with Crippen LogP contribution in [0.15, 0.2) is 0 Å². The minimum atomic E-state index is -3.26. The number of carbonyl (C=O) groups is 2. The predicted octanol–water partition coefficient (Wildman–Crippen LogP) is 0.401. The Labute approximate surface area is 106 Å². The molecule has 0 bridgehead atoms. The predicted molar refractivity (Wildman–Crippen MR) is 65.1 cm³/mol. The molecular formula is C10H19NO6S. The lowest BCUT2D eigenvalue weighted by molar-refractivity contribution is -0.139. The lowest BCUT2D eigenvalue weighted by atomic mass is 10.2. The summed E-state index contributed by atoms with van der Waals surface area (Å²) >= 11 is 0. The summed E-state index contributed by atoms with van der Waals surface area (Å²) in [5, 5.41) is 10.9. The van der Waals surface area contributed by atoms with Crippen molar-refractivity contribution in [3.63, 3.8) is 0 Å². The van der Waals surface area contributed by atoms with E-state index in [0.717, 1.165) is 12.7 Å². The van der Waals surface area contributed by atoms with Crippen molar-refractivity contribution >= 4 is 21.9 Å². The fraction of sp³-hybridized carbons (Fsp3) is 0.800. The number of aliphatic carboxylic acids is 1. The summed E-state index contributed by atoms with van der Waals surface area (Å²) in [7, 11) is -3.26. The fourth-order valence-electron chi connectivity index (χ4n) is 1.08. The topological polar surface area (TPSA) is 110 Å². The van der Waals surface area contributed by atoms with Crippen molar-refractivity contribution in [3.05, 3.63) is 0 Å². The summed E-state index contributed by atoms with van der Waals surface area (Å²) in [5.41, 5.74) is 0. The quantitative estimate of drug-likeness (QED) is 0.623. The van der Waals surface area contributed by atoms with E-state index in [0.29, 0.717) is 6.42 Å². The van der Waals surface area contributed by atoms with Gasteiger partial charge in [0, 0.05) is 6.26 Å². The monoisotopic (exact) mass is 281 g/mol. The molecule has 0 aromatic heterocycles. The maximum Gasteiger partial charge on any atom is 0.407 e. The van der Waals surface area contributed by atoms with Crippen molar-refractivity contribution in [2.24, 2.45) is 0 Å². The van der Waals surface area contributed by atoms with Gasteiger partial charge in [0.2, 0.25) is 0 Å². The second kappa shape index (κ2) is 7.91. The van der Waals surface area contributed by atoms with E-state index in [9.17, 15) is 18.0 Å². The number of ether oxygens (including phenoxy) is 1. The summed E-state index contributed by atoms with van der Waals surface area (Å²) in [6.07, 6.45) is 1.52.